The minimum atomic E-state index is -0.934. The van der Waals surface area contributed by atoms with E-state index < -0.39 is 12.0 Å². The Balaban J connectivity index is 1.39. The van der Waals surface area contributed by atoms with Crippen molar-refractivity contribution in [2.75, 3.05) is 18.0 Å². The van der Waals surface area contributed by atoms with Gasteiger partial charge in [0.15, 0.2) is 0 Å². The van der Waals surface area contributed by atoms with E-state index in [1.807, 2.05) is 66.7 Å². The van der Waals surface area contributed by atoms with Crippen molar-refractivity contribution < 1.29 is 14.7 Å². The van der Waals surface area contributed by atoms with Crippen LogP contribution < -0.4 is 4.90 Å². The Morgan fingerprint density at radius 1 is 0.889 bits per heavy atom. The molecular weight excluding hydrogens is 450 g/mol. The summed E-state index contributed by atoms with van der Waals surface area (Å²) in [6.07, 6.45) is 2.66. The van der Waals surface area contributed by atoms with Gasteiger partial charge in [0, 0.05) is 18.6 Å². The second kappa shape index (κ2) is 10.5. The fourth-order valence-corrected chi connectivity index (χ4v) is 5.84. The molecule has 0 saturated carbocycles. The van der Waals surface area contributed by atoms with Gasteiger partial charge in [0.05, 0.1) is 11.4 Å². The van der Waals surface area contributed by atoms with E-state index in [2.05, 4.69) is 36.1 Å². The number of fused-ring (bicyclic) bond motifs is 2. The number of carbonyl (C=O) groups is 2. The van der Waals surface area contributed by atoms with Crippen molar-refractivity contribution in [3.8, 4) is 0 Å². The van der Waals surface area contributed by atoms with Gasteiger partial charge in [0.25, 0.3) is 0 Å². The topological polar surface area (TPSA) is 64.1 Å². The van der Waals surface area contributed by atoms with Crippen LogP contribution in [0, 0.1) is 0 Å². The van der Waals surface area contributed by atoms with Gasteiger partial charge < -0.3 is 10.0 Å². The summed E-state index contributed by atoms with van der Waals surface area (Å²) in [5.74, 6) is -0.545. The molecule has 0 radical (unpaired) electrons. The molecule has 1 unspecified atom stereocenters. The molecule has 2 aliphatic rings. The summed E-state index contributed by atoms with van der Waals surface area (Å²) >= 11 is 0. The van der Waals surface area contributed by atoms with Gasteiger partial charge in [-0.15, -0.1) is 0 Å². The first-order chi connectivity index (χ1) is 17.5. The number of rotatable bonds is 7. The maximum absolute atomic E-state index is 14.1. The Bertz CT molecular complexity index is 1130. The fourth-order valence-electron chi connectivity index (χ4n) is 5.84. The van der Waals surface area contributed by atoms with Crippen molar-refractivity contribution in [2.45, 2.75) is 50.2 Å². The third-order valence-electron chi connectivity index (χ3n) is 7.71. The first-order valence-electron chi connectivity index (χ1n) is 12.8. The predicted molar refractivity (Wildman–Crippen MR) is 142 cm³/mol. The van der Waals surface area contributed by atoms with Crippen molar-refractivity contribution in [1.29, 1.82) is 0 Å². The van der Waals surface area contributed by atoms with E-state index in [0.29, 0.717) is 12.5 Å². The van der Waals surface area contributed by atoms with Crippen LogP contribution in [0.4, 0.5) is 16.2 Å². The maximum Gasteiger partial charge on any atom is 0.329 e. The number of anilines is 2. The molecule has 6 nitrogen and oxygen atoms in total. The van der Waals surface area contributed by atoms with E-state index in [0.717, 1.165) is 37.2 Å². The quantitative estimate of drug-likeness (QED) is 0.465. The van der Waals surface area contributed by atoms with Crippen LogP contribution in [0.1, 0.15) is 37.7 Å². The van der Waals surface area contributed by atoms with Crippen molar-refractivity contribution in [2.24, 2.45) is 0 Å². The van der Waals surface area contributed by atoms with Gasteiger partial charge in [0.2, 0.25) is 0 Å². The second-order valence-electron chi connectivity index (χ2n) is 9.86. The summed E-state index contributed by atoms with van der Waals surface area (Å²) in [4.78, 5) is 32.3. The Morgan fingerprint density at radius 2 is 1.44 bits per heavy atom. The molecule has 0 aliphatic carbocycles. The number of carbonyl (C=O) groups excluding carboxylic acids is 1. The normalized spacial score (nSPS) is 22.2. The number of hydrogen-bond donors (Lipinski definition) is 1. The molecule has 3 aromatic rings. The van der Waals surface area contributed by atoms with Crippen LogP contribution in [0.2, 0.25) is 0 Å². The van der Waals surface area contributed by atoms with Crippen molar-refractivity contribution >= 4 is 23.4 Å². The molecule has 186 valence electrons. The summed E-state index contributed by atoms with van der Waals surface area (Å²) in [5.41, 5.74) is 2.75. The van der Waals surface area contributed by atoms with Gasteiger partial charge in [-0.3, -0.25) is 9.80 Å². The lowest BCUT2D eigenvalue weighted by Crippen LogP contribution is -2.65. The first-order valence-corrected chi connectivity index (χ1v) is 12.8. The summed E-state index contributed by atoms with van der Waals surface area (Å²) in [7, 11) is 0. The lowest BCUT2D eigenvalue weighted by Gasteiger charge is -2.46. The van der Waals surface area contributed by atoms with E-state index in [9.17, 15) is 14.7 Å². The monoisotopic (exact) mass is 483 g/mol. The van der Waals surface area contributed by atoms with E-state index in [4.69, 9.17) is 0 Å². The molecule has 2 aliphatic heterocycles. The second-order valence-corrected chi connectivity index (χ2v) is 9.86. The number of carboxylic acids is 1. The molecule has 2 saturated heterocycles. The number of urea groups is 1. The molecule has 36 heavy (non-hydrogen) atoms. The Labute approximate surface area is 212 Å². The molecule has 1 N–H and O–H groups in total. The molecule has 2 amide bonds. The summed E-state index contributed by atoms with van der Waals surface area (Å²) in [6, 6.07) is 28.2. The van der Waals surface area contributed by atoms with Crippen LogP contribution >= 0.6 is 0 Å². The van der Waals surface area contributed by atoms with Crippen LogP contribution in [0.3, 0.4) is 0 Å². The zero-order valence-corrected chi connectivity index (χ0v) is 20.6. The Kier molecular flexibility index (Phi) is 7.05. The highest BCUT2D eigenvalue weighted by atomic mass is 16.4. The fraction of sp³-hybridized carbons (Fsp3) is 0.333. The largest absolute Gasteiger partial charge is 0.480 e. The van der Waals surface area contributed by atoms with E-state index in [1.54, 1.807) is 9.80 Å². The van der Waals surface area contributed by atoms with E-state index >= 15 is 0 Å². The molecule has 2 bridgehead atoms. The minimum Gasteiger partial charge on any atom is -0.480 e. The highest BCUT2D eigenvalue weighted by Gasteiger charge is 2.51. The lowest BCUT2D eigenvalue weighted by molar-refractivity contribution is -0.146. The van der Waals surface area contributed by atoms with E-state index in [-0.39, 0.29) is 18.1 Å². The molecular formula is C30H33N3O3. The molecule has 0 aromatic heterocycles. The van der Waals surface area contributed by atoms with Gasteiger partial charge in [0.1, 0.15) is 6.04 Å². The Hall–Kier alpha value is -3.64. The van der Waals surface area contributed by atoms with Gasteiger partial charge in [-0.05, 0) is 61.6 Å². The summed E-state index contributed by atoms with van der Waals surface area (Å²) < 4.78 is 0. The summed E-state index contributed by atoms with van der Waals surface area (Å²) in [6.45, 7) is 3.48. The minimum absolute atomic E-state index is 0.172. The number of likely N-dealkylation sites (tertiary alicyclic amines) is 1. The predicted octanol–water partition coefficient (Wildman–Crippen LogP) is 5.74. The van der Waals surface area contributed by atoms with Crippen molar-refractivity contribution in [3.05, 3.63) is 96.6 Å². The van der Waals surface area contributed by atoms with Crippen molar-refractivity contribution in [1.82, 2.24) is 9.80 Å². The zero-order chi connectivity index (χ0) is 25.1. The number of benzene rings is 3. The average Bonchev–Trinajstić information content (AvgIpc) is 3.18. The van der Waals surface area contributed by atoms with Crippen LogP contribution in [0.5, 0.6) is 0 Å². The third kappa shape index (κ3) is 4.73. The van der Waals surface area contributed by atoms with Crippen LogP contribution in [0.25, 0.3) is 0 Å². The number of para-hydroxylation sites is 2. The lowest BCUT2D eigenvalue weighted by atomic mass is 9.96. The van der Waals surface area contributed by atoms with Gasteiger partial charge in [-0.1, -0.05) is 73.7 Å². The standard InChI is InChI=1S/C30H33N3O3/c1-22(23-11-5-2-6-12-23)19-20-31-26-17-18-27(31)28(29(34)35)32(21-26)30(36)33(24-13-7-3-8-14-24)25-15-9-4-10-16-25/h2-16,22,26-28H,17-21H2,1H3,(H,34,35)/t22?,26-,27+,28-/m0/s1. The van der Waals surface area contributed by atoms with E-state index in [1.165, 1.54) is 5.56 Å². The smallest absolute Gasteiger partial charge is 0.329 e. The molecule has 0 spiro atoms. The third-order valence-corrected chi connectivity index (χ3v) is 7.71. The molecule has 5 rings (SSSR count). The van der Waals surface area contributed by atoms with Crippen LogP contribution in [-0.4, -0.2) is 58.1 Å². The van der Waals surface area contributed by atoms with Gasteiger partial charge in [-0.25, -0.2) is 9.59 Å². The highest BCUT2D eigenvalue weighted by molar-refractivity contribution is 6.01. The maximum atomic E-state index is 14.1. The van der Waals surface area contributed by atoms with Crippen molar-refractivity contribution in [3.63, 3.8) is 0 Å². The number of nitrogens with zero attached hydrogens (tertiary/aromatic N) is 3. The average molecular weight is 484 g/mol. The van der Waals surface area contributed by atoms with Crippen LogP contribution in [-0.2, 0) is 4.79 Å². The Morgan fingerprint density at radius 3 is 2.00 bits per heavy atom. The molecule has 4 atom stereocenters. The molecule has 2 fully saturated rings. The summed E-state index contributed by atoms with van der Waals surface area (Å²) in [5, 5.41) is 10.3. The molecule has 3 aromatic carbocycles. The molecule has 6 heteroatoms. The van der Waals surface area contributed by atoms with Gasteiger partial charge >= 0.3 is 12.0 Å². The van der Waals surface area contributed by atoms with Crippen LogP contribution in [0.15, 0.2) is 91.0 Å². The number of aliphatic carboxylic acids is 1. The number of amides is 2. The zero-order valence-electron chi connectivity index (χ0n) is 20.6. The highest BCUT2D eigenvalue weighted by Crippen LogP contribution is 2.37. The molecule has 2 heterocycles. The van der Waals surface area contributed by atoms with Gasteiger partial charge in [-0.2, -0.15) is 0 Å². The number of hydrogen-bond acceptors (Lipinski definition) is 3. The first kappa shape index (κ1) is 24.1. The SMILES string of the molecule is CC(CCN1[C@H]2CC[C@@H]1[C@@H](C(=O)O)N(C(=O)N(c1ccccc1)c1ccccc1)C2)c1ccccc1. The number of piperazine rings is 1. The number of carboxylic acid groups (broad SMARTS) is 1.